The van der Waals surface area contributed by atoms with Gasteiger partial charge in [-0.25, -0.2) is 9.97 Å². The van der Waals surface area contributed by atoms with Crippen LogP contribution in [0, 0.1) is 6.92 Å². The number of nitrogens with one attached hydrogen (secondary N) is 2. The van der Waals surface area contributed by atoms with E-state index in [9.17, 15) is 9.59 Å². The molecule has 0 saturated heterocycles. The molecule has 0 radical (unpaired) electrons. The zero-order valence-electron chi connectivity index (χ0n) is 13.1. The summed E-state index contributed by atoms with van der Waals surface area (Å²) in [6.45, 7) is 1.93. The summed E-state index contributed by atoms with van der Waals surface area (Å²) in [6, 6.07) is 7.13. The Morgan fingerprint density at radius 1 is 1.25 bits per heavy atom. The summed E-state index contributed by atoms with van der Waals surface area (Å²) in [5, 5.41) is 5.56. The second-order valence-electron chi connectivity index (χ2n) is 4.92. The van der Waals surface area contributed by atoms with Crippen molar-refractivity contribution in [3.63, 3.8) is 0 Å². The second-order valence-corrected chi connectivity index (χ2v) is 5.78. The third-order valence-corrected chi connectivity index (χ3v) is 3.87. The number of hydrogen-bond acceptors (Lipinski definition) is 6. The number of anilines is 2. The van der Waals surface area contributed by atoms with Crippen molar-refractivity contribution in [2.24, 2.45) is 0 Å². The second kappa shape index (κ2) is 8.97. The van der Waals surface area contributed by atoms with Crippen LogP contribution in [0.15, 0.2) is 41.1 Å². The number of aromatic nitrogens is 2. The molecule has 7 nitrogen and oxygen atoms in total. The minimum atomic E-state index is -0.472. The van der Waals surface area contributed by atoms with E-state index in [0.29, 0.717) is 18.2 Å². The number of aryl methyl sites for hydroxylation is 1. The smallest absolute Gasteiger partial charge is 0.308 e. The minimum absolute atomic E-state index is 0.114. The fourth-order valence-electron chi connectivity index (χ4n) is 1.80. The molecule has 0 bridgehead atoms. The lowest BCUT2D eigenvalue weighted by Crippen LogP contribution is -2.22. The van der Waals surface area contributed by atoms with Crippen LogP contribution in [0.3, 0.4) is 0 Å². The Balaban J connectivity index is 1.67. The van der Waals surface area contributed by atoms with E-state index >= 15 is 0 Å². The highest BCUT2D eigenvalue weighted by Crippen LogP contribution is 2.19. The molecule has 2 rings (SSSR count). The van der Waals surface area contributed by atoms with Crippen LogP contribution in [0.1, 0.15) is 12.0 Å². The van der Waals surface area contributed by atoms with Crippen molar-refractivity contribution in [2.75, 3.05) is 23.8 Å². The van der Waals surface area contributed by atoms with E-state index in [1.807, 2.05) is 19.1 Å². The van der Waals surface area contributed by atoms with Crippen LogP contribution in [0.25, 0.3) is 0 Å². The number of ether oxygens (including phenoxy) is 1. The Bertz CT molecular complexity index is 710. The molecule has 24 heavy (non-hydrogen) atoms. The first-order valence-electron chi connectivity index (χ1n) is 7.27. The minimum Gasteiger partial charge on any atom is -0.456 e. The molecule has 1 heterocycles. The molecule has 0 saturated carbocycles. The largest absolute Gasteiger partial charge is 0.456 e. The lowest BCUT2D eigenvalue weighted by atomic mass is 10.2. The van der Waals surface area contributed by atoms with Crippen molar-refractivity contribution < 1.29 is 14.3 Å². The van der Waals surface area contributed by atoms with E-state index in [1.54, 1.807) is 24.5 Å². The van der Waals surface area contributed by atoms with Gasteiger partial charge in [-0.3, -0.25) is 9.59 Å². The summed E-state index contributed by atoms with van der Waals surface area (Å²) in [5.41, 5.74) is 1.65. The predicted octanol–water partition coefficient (Wildman–Crippen LogP) is 2.53. The maximum absolute atomic E-state index is 11.8. The van der Waals surface area contributed by atoms with E-state index in [2.05, 4.69) is 36.5 Å². The summed E-state index contributed by atoms with van der Waals surface area (Å²) in [4.78, 5) is 31.3. The number of amides is 1. The Kier molecular flexibility index (Phi) is 6.68. The molecule has 126 valence electrons. The van der Waals surface area contributed by atoms with Gasteiger partial charge in [-0.1, -0.05) is 15.9 Å². The molecule has 1 amide bonds. The monoisotopic (exact) mass is 392 g/mol. The van der Waals surface area contributed by atoms with Crippen molar-refractivity contribution in [1.29, 1.82) is 0 Å². The maximum atomic E-state index is 11.8. The maximum Gasteiger partial charge on any atom is 0.308 e. The van der Waals surface area contributed by atoms with Gasteiger partial charge in [0.05, 0.1) is 6.42 Å². The van der Waals surface area contributed by atoms with Crippen molar-refractivity contribution in [1.82, 2.24) is 9.97 Å². The highest BCUT2D eigenvalue weighted by molar-refractivity contribution is 9.10. The molecule has 8 heteroatoms. The Morgan fingerprint density at radius 3 is 2.71 bits per heavy atom. The first kappa shape index (κ1) is 17.9. The number of benzene rings is 1. The van der Waals surface area contributed by atoms with Crippen LogP contribution in [-0.2, 0) is 14.3 Å². The van der Waals surface area contributed by atoms with Crippen LogP contribution >= 0.6 is 15.9 Å². The number of esters is 1. The molecule has 0 atom stereocenters. The number of carbonyl (C=O) groups excluding carboxylic acids is 2. The van der Waals surface area contributed by atoms with Crippen molar-refractivity contribution in [3.8, 4) is 0 Å². The van der Waals surface area contributed by atoms with E-state index in [4.69, 9.17) is 4.74 Å². The SMILES string of the molecule is Cc1cc(NC(=O)COC(=O)CCNc2ncccn2)ccc1Br. The number of carbonyl (C=O) groups is 2. The highest BCUT2D eigenvalue weighted by atomic mass is 79.9. The van der Waals surface area contributed by atoms with Crippen molar-refractivity contribution in [3.05, 3.63) is 46.7 Å². The molecule has 2 N–H and O–H groups in total. The van der Waals surface area contributed by atoms with Gasteiger partial charge in [0.1, 0.15) is 0 Å². The highest BCUT2D eigenvalue weighted by Gasteiger charge is 2.08. The Labute approximate surface area is 148 Å². The number of hydrogen-bond donors (Lipinski definition) is 2. The van der Waals surface area contributed by atoms with E-state index in [1.165, 1.54) is 0 Å². The van der Waals surface area contributed by atoms with Gasteiger partial charge >= 0.3 is 5.97 Å². The van der Waals surface area contributed by atoms with Crippen LogP contribution in [0.2, 0.25) is 0 Å². The van der Waals surface area contributed by atoms with Gasteiger partial charge < -0.3 is 15.4 Å². The molecule has 0 aliphatic heterocycles. The van der Waals surface area contributed by atoms with Crippen molar-refractivity contribution >= 4 is 39.4 Å². The first-order valence-corrected chi connectivity index (χ1v) is 8.06. The molecule has 0 spiro atoms. The van der Waals surface area contributed by atoms with Gasteiger partial charge in [0, 0.05) is 29.1 Å². The Morgan fingerprint density at radius 2 is 2.00 bits per heavy atom. The fourth-order valence-corrected chi connectivity index (χ4v) is 2.05. The van der Waals surface area contributed by atoms with Gasteiger partial charge in [0.15, 0.2) is 6.61 Å². The molecule has 0 unspecified atom stereocenters. The van der Waals surface area contributed by atoms with Crippen LogP contribution in [0.5, 0.6) is 0 Å². The van der Waals surface area contributed by atoms with Gasteiger partial charge in [-0.05, 0) is 36.8 Å². The number of halogens is 1. The summed E-state index contributed by atoms with van der Waals surface area (Å²) in [6.07, 6.45) is 3.31. The van der Waals surface area contributed by atoms with E-state index in [0.717, 1.165) is 10.0 Å². The van der Waals surface area contributed by atoms with E-state index < -0.39 is 5.97 Å². The summed E-state index contributed by atoms with van der Waals surface area (Å²) < 4.78 is 5.89. The average molecular weight is 393 g/mol. The van der Waals surface area contributed by atoms with Crippen LogP contribution < -0.4 is 10.6 Å². The zero-order chi connectivity index (χ0) is 17.4. The lowest BCUT2D eigenvalue weighted by molar-refractivity contribution is -0.147. The van der Waals surface area contributed by atoms with Crippen LogP contribution in [-0.4, -0.2) is 35.0 Å². The molecule has 0 aliphatic rings. The van der Waals surface area contributed by atoms with Crippen LogP contribution in [0.4, 0.5) is 11.6 Å². The zero-order valence-corrected chi connectivity index (χ0v) is 14.7. The summed E-state index contributed by atoms with van der Waals surface area (Å²) >= 11 is 3.39. The fraction of sp³-hybridized carbons (Fsp3) is 0.250. The number of rotatable bonds is 7. The van der Waals surface area contributed by atoms with Gasteiger partial charge in [0.2, 0.25) is 5.95 Å². The lowest BCUT2D eigenvalue weighted by Gasteiger charge is -2.08. The summed E-state index contributed by atoms with van der Waals surface area (Å²) in [7, 11) is 0. The first-order chi connectivity index (χ1) is 11.5. The molecule has 0 aliphatic carbocycles. The number of nitrogens with zero attached hydrogens (tertiary/aromatic N) is 2. The normalized spacial score (nSPS) is 10.1. The Hall–Kier alpha value is -2.48. The predicted molar refractivity (Wildman–Crippen MR) is 93.6 cm³/mol. The average Bonchev–Trinajstić information content (AvgIpc) is 2.57. The quantitative estimate of drug-likeness (QED) is 0.703. The molecule has 1 aromatic heterocycles. The third kappa shape index (κ3) is 5.96. The summed E-state index contributed by atoms with van der Waals surface area (Å²) in [5.74, 6) is -0.418. The van der Waals surface area contributed by atoms with Crippen molar-refractivity contribution in [2.45, 2.75) is 13.3 Å². The molecular weight excluding hydrogens is 376 g/mol. The molecule has 2 aromatic rings. The van der Waals surface area contributed by atoms with Gasteiger partial charge in [-0.15, -0.1) is 0 Å². The van der Waals surface area contributed by atoms with E-state index in [-0.39, 0.29) is 18.9 Å². The van der Waals surface area contributed by atoms with Gasteiger partial charge in [-0.2, -0.15) is 0 Å². The topological polar surface area (TPSA) is 93.2 Å². The molecule has 1 aromatic carbocycles. The van der Waals surface area contributed by atoms with Gasteiger partial charge in [0.25, 0.3) is 5.91 Å². The molecule has 0 fully saturated rings. The standard InChI is InChI=1S/C16H17BrN4O3/c1-11-9-12(3-4-13(11)17)21-14(22)10-24-15(23)5-8-20-16-18-6-2-7-19-16/h2-4,6-7,9H,5,8,10H2,1H3,(H,21,22)(H,18,19,20). The molecular formula is C16H17BrN4O3. The third-order valence-electron chi connectivity index (χ3n) is 2.98.